The third kappa shape index (κ3) is 1.49. The van der Waals surface area contributed by atoms with E-state index in [4.69, 9.17) is 9.47 Å². The first-order valence-corrected chi connectivity index (χ1v) is 3.60. The van der Waals surface area contributed by atoms with Crippen molar-refractivity contribution < 1.29 is 9.47 Å². The summed E-state index contributed by atoms with van der Waals surface area (Å²) in [7, 11) is 0. The molecule has 0 amide bonds. The van der Waals surface area contributed by atoms with Crippen LogP contribution in [-0.2, 0) is 4.74 Å². The lowest BCUT2D eigenvalue weighted by atomic mass is 10.3. The second-order valence-electron chi connectivity index (χ2n) is 2.45. The summed E-state index contributed by atoms with van der Waals surface area (Å²) in [4.78, 5) is 4.02. The summed E-state index contributed by atoms with van der Waals surface area (Å²) >= 11 is 0. The summed E-state index contributed by atoms with van der Waals surface area (Å²) in [5.74, 6) is 0.681. The maximum absolute atomic E-state index is 5.41. The van der Waals surface area contributed by atoms with Crippen molar-refractivity contribution in [1.82, 2.24) is 4.98 Å². The fraction of sp³-hybridized carbons (Fsp3) is 0.375. The zero-order valence-corrected chi connectivity index (χ0v) is 6.06. The topological polar surface area (TPSA) is 31.4 Å². The molecule has 1 aromatic heterocycles. The molecule has 1 fully saturated rings. The molecule has 0 aromatic carbocycles. The lowest BCUT2D eigenvalue weighted by molar-refractivity contribution is -0.0813. The number of hydrogen-bond donors (Lipinski definition) is 0. The standard InChI is InChI=1S/C8H9NO2/c1-2-4-9-8(3-1)11-7-5-10-6-7/h1-4,7H,5-6H2. The number of rotatable bonds is 2. The van der Waals surface area contributed by atoms with Crippen LogP contribution in [-0.4, -0.2) is 24.3 Å². The summed E-state index contributed by atoms with van der Waals surface area (Å²) < 4.78 is 10.4. The summed E-state index contributed by atoms with van der Waals surface area (Å²) in [6.07, 6.45) is 1.93. The average Bonchev–Trinajstić information content (AvgIpc) is 1.99. The van der Waals surface area contributed by atoms with Crippen LogP contribution < -0.4 is 4.74 Å². The number of hydrogen-bond acceptors (Lipinski definition) is 3. The molecule has 1 aliphatic rings. The first-order chi connectivity index (χ1) is 5.45. The largest absolute Gasteiger partial charge is 0.469 e. The highest BCUT2D eigenvalue weighted by Gasteiger charge is 2.19. The van der Waals surface area contributed by atoms with Crippen LogP contribution in [0.2, 0.25) is 0 Å². The molecule has 0 bridgehead atoms. The normalized spacial score (nSPS) is 17.5. The highest BCUT2D eigenvalue weighted by atomic mass is 16.6. The zero-order chi connectivity index (χ0) is 7.52. The van der Waals surface area contributed by atoms with E-state index in [-0.39, 0.29) is 6.10 Å². The smallest absolute Gasteiger partial charge is 0.213 e. The summed E-state index contributed by atoms with van der Waals surface area (Å²) in [5.41, 5.74) is 0. The molecule has 2 heterocycles. The Bertz CT molecular complexity index is 221. The van der Waals surface area contributed by atoms with Crippen LogP contribution in [0.3, 0.4) is 0 Å². The molecule has 0 N–H and O–H groups in total. The van der Waals surface area contributed by atoms with Gasteiger partial charge in [-0.05, 0) is 6.07 Å². The minimum atomic E-state index is 0.213. The van der Waals surface area contributed by atoms with Crippen molar-refractivity contribution in [3.05, 3.63) is 24.4 Å². The maximum atomic E-state index is 5.41. The van der Waals surface area contributed by atoms with Crippen molar-refractivity contribution >= 4 is 0 Å². The van der Waals surface area contributed by atoms with Gasteiger partial charge in [-0.3, -0.25) is 0 Å². The summed E-state index contributed by atoms with van der Waals surface area (Å²) in [6, 6.07) is 5.62. The molecule has 1 aromatic rings. The van der Waals surface area contributed by atoms with Crippen molar-refractivity contribution in [2.45, 2.75) is 6.10 Å². The van der Waals surface area contributed by atoms with Gasteiger partial charge in [0.1, 0.15) is 6.10 Å². The molecule has 0 atom stereocenters. The van der Waals surface area contributed by atoms with Gasteiger partial charge in [-0.1, -0.05) is 6.07 Å². The highest BCUT2D eigenvalue weighted by Crippen LogP contribution is 2.11. The van der Waals surface area contributed by atoms with E-state index in [1.54, 1.807) is 6.20 Å². The van der Waals surface area contributed by atoms with Gasteiger partial charge in [0.2, 0.25) is 5.88 Å². The lowest BCUT2D eigenvalue weighted by Crippen LogP contribution is -2.38. The van der Waals surface area contributed by atoms with E-state index in [0.717, 1.165) is 0 Å². The molecule has 1 saturated heterocycles. The van der Waals surface area contributed by atoms with Crippen molar-refractivity contribution in [3.63, 3.8) is 0 Å². The van der Waals surface area contributed by atoms with E-state index in [1.165, 1.54) is 0 Å². The molecule has 58 valence electrons. The average molecular weight is 151 g/mol. The fourth-order valence-corrected chi connectivity index (χ4v) is 0.870. The van der Waals surface area contributed by atoms with Gasteiger partial charge in [0.15, 0.2) is 0 Å². The van der Waals surface area contributed by atoms with Crippen LogP contribution >= 0.6 is 0 Å². The van der Waals surface area contributed by atoms with Gasteiger partial charge in [-0.2, -0.15) is 0 Å². The van der Waals surface area contributed by atoms with E-state index in [0.29, 0.717) is 19.1 Å². The molecular weight excluding hydrogens is 142 g/mol. The van der Waals surface area contributed by atoms with Crippen molar-refractivity contribution in [3.8, 4) is 5.88 Å². The van der Waals surface area contributed by atoms with Crippen molar-refractivity contribution in [1.29, 1.82) is 0 Å². The highest BCUT2D eigenvalue weighted by molar-refractivity contribution is 5.09. The quantitative estimate of drug-likeness (QED) is 0.628. The van der Waals surface area contributed by atoms with E-state index < -0.39 is 0 Å². The molecular formula is C8H9NO2. The predicted molar refractivity (Wildman–Crippen MR) is 39.5 cm³/mol. The van der Waals surface area contributed by atoms with Crippen LogP contribution in [0.25, 0.3) is 0 Å². The van der Waals surface area contributed by atoms with Gasteiger partial charge in [0, 0.05) is 12.3 Å². The molecule has 11 heavy (non-hydrogen) atoms. The van der Waals surface area contributed by atoms with E-state index in [2.05, 4.69) is 4.98 Å². The second kappa shape index (κ2) is 2.88. The van der Waals surface area contributed by atoms with Gasteiger partial charge >= 0.3 is 0 Å². The first-order valence-electron chi connectivity index (χ1n) is 3.60. The molecule has 3 nitrogen and oxygen atoms in total. The minimum absolute atomic E-state index is 0.213. The third-order valence-corrected chi connectivity index (χ3v) is 1.53. The molecule has 2 rings (SSSR count). The Kier molecular flexibility index (Phi) is 1.73. The van der Waals surface area contributed by atoms with Gasteiger partial charge in [-0.25, -0.2) is 4.98 Å². The lowest BCUT2D eigenvalue weighted by Gasteiger charge is -2.25. The second-order valence-corrected chi connectivity index (χ2v) is 2.45. The molecule has 0 radical (unpaired) electrons. The number of aromatic nitrogens is 1. The third-order valence-electron chi connectivity index (χ3n) is 1.53. The molecule has 3 heteroatoms. The SMILES string of the molecule is c1ccc(OC2COC2)nc1. The number of pyridine rings is 1. The predicted octanol–water partition coefficient (Wildman–Crippen LogP) is 0.859. The first kappa shape index (κ1) is 6.61. The van der Waals surface area contributed by atoms with Crippen LogP contribution in [0.4, 0.5) is 0 Å². The zero-order valence-electron chi connectivity index (χ0n) is 6.06. The Hall–Kier alpha value is -1.09. The van der Waals surface area contributed by atoms with Crippen LogP contribution in [0.15, 0.2) is 24.4 Å². The van der Waals surface area contributed by atoms with Crippen molar-refractivity contribution in [2.24, 2.45) is 0 Å². The number of ether oxygens (including phenoxy) is 2. The molecule has 0 saturated carbocycles. The van der Waals surface area contributed by atoms with E-state index in [1.807, 2.05) is 18.2 Å². The molecule has 0 unspecified atom stereocenters. The van der Waals surface area contributed by atoms with Crippen LogP contribution in [0.1, 0.15) is 0 Å². The Morgan fingerprint density at radius 2 is 2.36 bits per heavy atom. The number of nitrogens with zero attached hydrogens (tertiary/aromatic N) is 1. The molecule has 1 aliphatic heterocycles. The fourth-order valence-electron chi connectivity index (χ4n) is 0.870. The van der Waals surface area contributed by atoms with Crippen LogP contribution in [0.5, 0.6) is 5.88 Å². The van der Waals surface area contributed by atoms with E-state index >= 15 is 0 Å². The van der Waals surface area contributed by atoms with Gasteiger partial charge in [0.25, 0.3) is 0 Å². The molecule has 0 spiro atoms. The summed E-state index contributed by atoms with van der Waals surface area (Å²) in [5, 5.41) is 0. The van der Waals surface area contributed by atoms with Gasteiger partial charge < -0.3 is 9.47 Å². The minimum Gasteiger partial charge on any atom is -0.469 e. The van der Waals surface area contributed by atoms with Crippen molar-refractivity contribution in [2.75, 3.05) is 13.2 Å². The Labute approximate surface area is 65.0 Å². The maximum Gasteiger partial charge on any atom is 0.213 e. The Morgan fingerprint density at radius 3 is 2.91 bits per heavy atom. The molecule has 0 aliphatic carbocycles. The van der Waals surface area contributed by atoms with E-state index in [9.17, 15) is 0 Å². The monoisotopic (exact) mass is 151 g/mol. The Balaban J connectivity index is 1.95. The Morgan fingerprint density at radius 1 is 1.45 bits per heavy atom. The summed E-state index contributed by atoms with van der Waals surface area (Å²) in [6.45, 7) is 1.38. The van der Waals surface area contributed by atoms with Gasteiger partial charge in [0.05, 0.1) is 13.2 Å². The van der Waals surface area contributed by atoms with Gasteiger partial charge in [-0.15, -0.1) is 0 Å². The van der Waals surface area contributed by atoms with Crippen LogP contribution in [0, 0.1) is 0 Å².